The summed E-state index contributed by atoms with van der Waals surface area (Å²) in [6, 6.07) is 0. The van der Waals surface area contributed by atoms with Crippen LogP contribution in [0.4, 0.5) is 0 Å². The van der Waals surface area contributed by atoms with Gasteiger partial charge in [0.1, 0.15) is 0 Å². The molecule has 1 aromatic rings. The molecule has 1 atom stereocenters. The molecule has 1 aromatic heterocycles. The van der Waals surface area contributed by atoms with E-state index in [1.54, 1.807) is 0 Å². The fourth-order valence-electron chi connectivity index (χ4n) is 3.47. The average molecular weight is 264 g/mol. The number of hydrogen-bond donors (Lipinski definition) is 1. The van der Waals surface area contributed by atoms with Gasteiger partial charge in [0.25, 0.3) is 0 Å². The van der Waals surface area contributed by atoms with Crippen molar-refractivity contribution in [2.75, 3.05) is 0 Å². The summed E-state index contributed by atoms with van der Waals surface area (Å²) in [6.45, 7) is 6.42. The first-order valence-corrected chi connectivity index (χ1v) is 7.70. The van der Waals surface area contributed by atoms with Crippen molar-refractivity contribution in [2.24, 2.45) is 18.9 Å². The molecule has 0 aliphatic heterocycles. The summed E-state index contributed by atoms with van der Waals surface area (Å²) in [6.07, 6.45) is 6.85. The number of aliphatic hydroxyl groups excluding tert-OH is 1. The maximum absolute atomic E-state index is 10.5. The van der Waals surface area contributed by atoms with Gasteiger partial charge in [-0.3, -0.25) is 4.68 Å². The van der Waals surface area contributed by atoms with E-state index in [-0.39, 0.29) is 6.10 Å². The highest BCUT2D eigenvalue weighted by atomic mass is 16.3. The molecule has 3 nitrogen and oxygen atoms in total. The molecule has 0 bridgehead atoms. The topological polar surface area (TPSA) is 38.1 Å². The van der Waals surface area contributed by atoms with Crippen LogP contribution in [0.5, 0.6) is 0 Å². The predicted octanol–water partition coefficient (Wildman–Crippen LogP) is 3.16. The summed E-state index contributed by atoms with van der Waals surface area (Å²) in [4.78, 5) is 0. The number of aromatic nitrogens is 2. The maximum Gasteiger partial charge on any atom is 0.0629 e. The van der Waals surface area contributed by atoms with E-state index in [1.807, 2.05) is 18.7 Å². The zero-order chi connectivity index (χ0) is 14.0. The van der Waals surface area contributed by atoms with E-state index in [0.29, 0.717) is 5.92 Å². The lowest BCUT2D eigenvalue weighted by molar-refractivity contribution is 0.0733. The Morgan fingerprint density at radius 2 is 1.89 bits per heavy atom. The largest absolute Gasteiger partial charge is 0.392 e. The zero-order valence-electron chi connectivity index (χ0n) is 12.8. The quantitative estimate of drug-likeness (QED) is 0.907. The summed E-state index contributed by atoms with van der Waals surface area (Å²) in [5.74, 6) is 1.38. The van der Waals surface area contributed by atoms with E-state index in [2.05, 4.69) is 18.9 Å². The average Bonchev–Trinajstić information content (AvgIpc) is 2.65. The highest BCUT2D eigenvalue weighted by Crippen LogP contribution is 2.33. The van der Waals surface area contributed by atoms with Crippen LogP contribution in [0, 0.1) is 25.7 Å². The zero-order valence-corrected chi connectivity index (χ0v) is 12.8. The van der Waals surface area contributed by atoms with Gasteiger partial charge < -0.3 is 5.11 Å². The highest BCUT2D eigenvalue weighted by molar-refractivity contribution is 5.25. The number of hydrogen-bond acceptors (Lipinski definition) is 2. The summed E-state index contributed by atoms with van der Waals surface area (Å²) in [7, 11) is 1.98. The summed E-state index contributed by atoms with van der Waals surface area (Å²) in [5.41, 5.74) is 3.51. The van der Waals surface area contributed by atoms with Crippen molar-refractivity contribution in [2.45, 2.75) is 65.4 Å². The van der Waals surface area contributed by atoms with E-state index in [9.17, 15) is 5.11 Å². The monoisotopic (exact) mass is 264 g/mol. The van der Waals surface area contributed by atoms with Gasteiger partial charge in [0.15, 0.2) is 0 Å². The van der Waals surface area contributed by atoms with E-state index in [0.717, 1.165) is 18.0 Å². The van der Waals surface area contributed by atoms with Crippen molar-refractivity contribution in [3.8, 4) is 0 Å². The second kappa shape index (κ2) is 6.08. The molecule has 3 heteroatoms. The van der Waals surface area contributed by atoms with Crippen molar-refractivity contribution in [3.05, 3.63) is 17.0 Å². The molecule has 2 rings (SSSR count). The molecule has 1 heterocycles. The Morgan fingerprint density at radius 1 is 1.26 bits per heavy atom. The Hall–Kier alpha value is -0.830. The first-order chi connectivity index (χ1) is 9.02. The minimum absolute atomic E-state index is 0.195. The molecule has 19 heavy (non-hydrogen) atoms. The number of rotatable bonds is 4. The Labute approximate surface area is 117 Å². The van der Waals surface area contributed by atoms with Gasteiger partial charge in [0.05, 0.1) is 11.8 Å². The Kier molecular flexibility index (Phi) is 4.67. The minimum Gasteiger partial charge on any atom is -0.392 e. The molecule has 1 aliphatic rings. The number of aryl methyl sites for hydroxylation is 2. The van der Waals surface area contributed by atoms with Crippen LogP contribution in [-0.2, 0) is 13.5 Å². The Balaban J connectivity index is 1.96. The first kappa shape index (κ1) is 14.6. The molecule has 0 amide bonds. The molecule has 1 saturated carbocycles. The molecule has 1 N–H and O–H groups in total. The van der Waals surface area contributed by atoms with E-state index in [4.69, 9.17) is 0 Å². The van der Waals surface area contributed by atoms with Crippen molar-refractivity contribution in [3.63, 3.8) is 0 Å². The van der Waals surface area contributed by atoms with Crippen LogP contribution in [0.3, 0.4) is 0 Å². The van der Waals surface area contributed by atoms with Gasteiger partial charge in [-0.1, -0.05) is 26.2 Å². The minimum atomic E-state index is -0.195. The first-order valence-electron chi connectivity index (χ1n) is 7.70. The lowest BCUT2D eigenvalue weighted by atomic mass is 9.77. The lowest BCUT2D eigenvalue weighted by Gasteiger charge is -2.31. The third-order valence-electron chi connectivity index (χ3n) is 5.09. The molecule has 0 aromatic carbocycles. The molecule has 1 unspecified atom stereocenters. The van der Waals surface area contributed by atoms with Crippen molar-refractivity contribution in [1.29, 1.82) is 0 Å². The highest BCUT2D eigenvalue weighted by Gasteiger charge is 2.27. The molecular formula is C16H28N2O. The van der Waals surface area contributed by atoms with E-state index >= 15 is 0 Å². The van der Waals surface area contributed by atoms with Gasteiger partial charge in [-0.2, -0.15) is 5.10 Å². The standard InChI is InChI=1S/C16H28N2O/c1-5-13-6-8-14(9-7-13)16(19)10-15-11(2)17-18(4)12(15)3/h13-14,16,19H,5-10H2,1-4H3. The summed E-state index contributed by atoms with van der Waals surface area (Å²) in [5, 5.41) is 14.9. The van der Waals surface area contributed by atoms with Gasteiger partial charge >= 0.3 is 0 Å². The molecule has 0 spiro atoms. The van der Waals surface area contributed by atoms with Crippen LogP contribution < -0.4 is 0 Å². The Morgan fingerprint density at radius 3 is 2.37 bits per heavy atom. The molecule has 0 radical (unpaired) electrons. The number of nitrogens with zero attached hydrogens (tertiary/aromatic N) is 2. The van der Waals surface area contributed by atoms with Crippen molar-refractivity contribution in [1.82, 2.24) is 9.78 Å². The fourth-order valence-corrected chi connectivity index (χ4v) is 3.47. The van der Waals surface area contributed by atoms with E-state index in [1.165, 1.54) is 43.4 Å². The number of aliphatic hydroxyl groups is 1. The molecule has 0 saturated heterocycles. The van der Waals surface area contributed by atoms with Gasteiger partial charge in [0.2, 0.25) is 0 Å². The summed E-state index contributed by atoms with van der Waals surface area (Å²) >= 11 is 0. The SMILES string of the molecule is CCC1CCC(C(O)Cc2c(C)nn(C)c2C)CC1. The van der Waals surface area contributed by atoms with Crippen LogP contribution in [0.1, 0.15) is 56.0 Å². The second-order valence-corrected chi connectivity index (χ2v) is 6.23. The lowest BCUT2D eigenvalue weighted by Crippen LogP contribution is -2.27. The molecule has 1 fully saturated rings. The van der Waals surface area contributed by atoms with Crippen LogP contribution >= 0.6 is 0 Å². The normalized spacial score (nSPS) is 25.5. The fraction of sp³-hybridized carbons (Fsp3) is 0.812. The smallest absolute Gasteiger partial charge is 0.0629 e. The van der Waals surface area contributed by atoms with Crippen molar-refractivity contribution >= 4 is 0 Å². The maximum atomic E-state index is 10.5. The van der Waals surface area contributed by atoms with E-state index < -0.39 is 0 Å². The predicted molar refractivity (Wildman–Crippen MR) is 78.1 cm³/mol. The van der Waals surface area contributed by atoms with Crippen LogP contribution in [0.2, 0.25) is 0 Å². The molecular weight excluding hydrogens is 236 g/mol. The summed E-state index contributed by atoms with van der Waals surface area (Å²) < 4.78 is 1.92. The third-order valence-corrected chi connectivity index (χ3v) is 5.09. The van der Waals surface area contributed by atoms with Crippen LogP contribution in [0.25, 0.3) is 0 Å². The van der Waals surface area contributed by atoms with Crippen molar-refractivity contribution < 1.29 is 5.11 Å². The Bertz CT molecular complexity index is 417. The molecule has 108 valence electrons. The molecule has 1 aliphatic carbocycles. The third kappa shape index (κ3) is 3.19. The van der Waals surface area contributed by atoms with Gasteiger partial charge in [-0.05, 0) is 44.1 Å². The van der Waals surface area contributed by atoms with Crippen LogP contribution in [0.15, 0.2) is 0 Å². The van der Waals surface area contributed by atoms with Crippen LogP contribution in [-0.4, -0.2) is 21.0 Å². The second-order valence-electron chi connectivity index (χ2n) is 6.23. The van der Waals surface area contributed by atoms with Gasteiger partial charge in [-0.15, -0.1) is 0 Å². The van der Waals surface area contributed by atoms with Gasteiger partial charge in [-0.25, -0.2) is 0 Å². The van der Waals surface area contributed by atoms with Gasteiger partial charge in [0, 0.05) is 19.2 Å².